The van der Waals surface area contributed by atoms with Crippen LogP contribution in [0.2, 0.25) is 5.02 Å². The van der Waals surface area contributed by atoms with Crippen molar-refractivity contribution in [3.8, 4) is 10.6 Å². The van der Waals surface area contributed by atoms with E-state index in [0.717, 1.165) is 17.0 Å². The molecule has 0 radical (unpaired) electrons. The Morgan fingerprint density at radius 1 is 1.24 bits per heavy atom. The molecule has 0 saturated carbocycles. The number of fused-ring (bicyclic) bond motifs is 1. The number of carbonyl (C=O) groups is 2. The minimum absolute atomic E-state index is 0.0760. The van der Waals surface area contributed by atoms with Gasteiger partial charge in [0.15, 0.2) is 5.65 Å². The van der Waals surface area contributed by atoms with E-state index in [4.69, 9.17) is 16.6 Å². The highest BCUT2D eigenvalue weighted by molar-refractivity contribution is 7.13. The lowest BCUT2D eigenvalue weighted by Gasteiger charge is -2.18. The molecule has 0 atom stereocenters. The van der Waals surface area contributed by atoms with Crippen molar-refractivity contribution in [3.63, 3.8) is 0 Å². The highest BCUT2D eigenvalue weighted by Crippen LogP contribution is 2.32. The average molecular weight is 480 g/mol. The lowest BCUT2D eigenvalue weighted by molar-refractivity contribution is -0.117. The van der Waals surface area contributed by atoms with Gasteiger partial charge in [0, 0.05) is 24.7 Å². The summed E-state index contributed by atoms with van der Waals surface area (Å²) in [6, 6.07) is 11.1. The molecular formula is C24H22ClN5O2S. The summed E-state index contributed by atoms with van der Waals surface area (Å²) in [5.41, 5.74) is 3.02. The van der Waals surface area contributed by atoms with E-state index in [1.54, 1.807) is 46.7 Å². The van der Waals surface area contributed by atoms with Gasteiger partial charge in [-0.3, -0.25) is 9.59 Å². The number of pyridine rings is 1. The monoisotopic (exact) mass is 479 g/mol. The molecule has 168 valence electrons. The van der Waals surface area contributed by atoms with Crippen LogP contribution < -0.4 is 10.2 Å². The highest BCUT2D eigenvalue weighted by atomic mass is 35.5. The Balaban J connectivity index is 1.56. The second kappa shape index (κ2) is 8.61. The molecular weight excluding hydrogens is 458 g/mol. The van der Waals surface area contributed by atoms with Crippen molar-refractivity contribution in [3.05, 3.63) is 58.6 Å². The third-order valence-corrected chi connectivity index (χ3v) is 6.88. The van der Waals surface area contributed by atoms with Crippen molar-refractivity contribution >= 4 is 57.2 Å². The van der Waals surface area contributed by atoms with Crippen molar-refractivity contribution in [1.82, 2.24) is 14.8 Å². The van der Waals surface area contributed by atoms with Crippen LogP contribution in [-0.4, -0.2) is 33.1 Å². The molecule has 0 spiro atoms. The molecule has 1 aliphatic heterocycles. The highest BCUT2D eigenvalue weighted by Gasteiger charge is 2.23. The zero-order valence-corrected chi connectivity index (χ0v) is 19.8. The standard InChI is InChI=1S/C24H22ClN5O2S/c1-14(2)30-23-17(13-26-30)16(12-20(27-23)21-5-4-10-33-21)24(32)28-19-11-15(7-8-18(19)25)29-9-3-6-22(29)31/h4-5,7-8,10-14H,3,6,9H2,1-2H3,(H,28,32). The number of benzene rings is 1. The smallest absolute Gasteiger partial charge is 0.256 e. The van der Waals surface area contributed by atoms with Crippen LogP contribution in [0.3, 0.4) is 0 Å². The number of amides is 2. The van der Waals surface area contributed by atoms with Gasteiger partial charge in [0.25, 0.3) is 5.91 Å². The van der Waals surface area contributed by atoms with Crippen LogP contribution in [0.15, 0.2) is 48.0 Å². The number of aromatic nitrogens is 3. The fourth-order valence-electron chi connectivity index (χ4n) is 4.02. The Hall–Kier alpha value is -3.23. The third-order valence-electron chi connectivity index (χ3n) is 5.66. The average Bonchev–Trinajstić information content (AvgIpc) is 3.55. The molecule has 7 nitrogen and oxygen atoms in total. The quantitative estimate of drug-likeness (QED) is 0.394. The second-order valence-electron chi connectivity index (χ2n) is 8.22. The zero-order chi connectivity index (χ0) is 23.1. The van der Waals surface area contributed by atoms with Crippen molar-refractivity contribution < 1.29 is 9.59 Å². The van der Waals surface area contributed by atoms with Gasteiger partial charge in [0.2, 0.25) is 5.91 Å². The van der Waals surface area contributed by atoms with E-state index in [1.165, 1.54) is 0 Å². The van der Waals surface area contributed by atoms with Gasteiger partial charge in [-0.15, -0.1) is 11.3 Å². The summed E-state index contributed by atoms with van der Waals surface area (Å²) in [5.74, 6) is -0.234. The number of rotatable bonds is 5. The van der Waals surface area contributed by atoms with E-state index < -0.39 is 0 Å². The van der Waals surface area contributed by atoms with Gasteiger partial charge >= 0.3 is 0 Å². The number of carbonyl (C=O) groups excluding carboxylic acids is 2. The molecule has 9 heteroatoms. The molecule has 1 N–H and O–H groups in total. The van der Waals surface area contributed by atoms with E-state index in [9.17, 15) is 9.59 Å². The van der Waals surface area contributed by atoms with Crippen LogP contribution in [-0.2, 0) is 4.79 Å². The molecule has 0 unspecified atom stereocenters. The molecule has 0 aliphatic carbocycles. The number of hydrogen-bond donors (Lipinski definition) is 1. The van der Waals surface area contributed by atoms with Crippen molar-refractivity contribution in [2.24, 2.45) is 0 Å². The molecule has 3 aromatic heterocycles. The second-order valence-corrected chi connectivity index (χ2v) is 9.57. The van der Waals surface area contributed by atoms with E-state index >= 15 is 0 Å². The van der Waals surface area contributed by atoms with Crippen LogP contribution in [0.1, 0.15) is 43.1 Å². The van der Waals surface area contributed by atoms with Crippen LogP contribution in [0.4, 0.5) is 11.4 Å². The summed E-state index contributed by atoms with van der Waals surface area (Å²) < 4.78 is 1.82. The molecule has 1 saturated heterocycles. The Labute approximate surface area is 200 Å². The molecule has 4 heterocycles. The van der Waals surface area contributed by atoms with Gasteiger partial charge in [-0.25, -0.2) is 9.67 Å². The van der Waals surface area contributed by atoms with Crippen LogP contribution in [0, 0.1) is 0 Å². The minimum atomic E-state index is -0.310. The summed E-state index contributed by atoms with van der Waals surface area (Å²) in [6.45, 7) is 4.71. The van der Waals surface area contributed by atoms with Crippen molar-refractivity contribution in [1.29, 1.82) is 0 Å². The van der Waals surface area contributed by atoms with E-state index in [0.29, 0.717) is 46.0 Å². The van der Waals surface area contributed by atoms with E-state index in [-0.39, 0.29) is 17.9 Å². The topological polar surface area (TPSA) is 80.1 Å². The van der Waals surface area contributed by atoms with Crippen LogP contribution >= 0.6 is 22.9 Å². The lowest BCUT2D eigenvalue weighted by Crippen LogP contribution is -2.24. The molecule has 33 heavy (non-hydrogen) atoms. The van der Waals surface area contributed by atoms with Gasteiger partial charge in [-0.2, -0.15) is 5.10 Å². The lowest BCUT2D eigenvalue weighted by atomic mass is 10.1. The number of hydrogen-bond acceptors (Lipinski definition) is 5. The summed E-state index contributed by atoms with van der Waals surface area (Å²) in [7, 11) is 0. The van der Waals surface area contributed by atoms with Crippen LogP contribution in [0.25, 0.3) is 21.6 Å². The first-order valence-electron chi connectivity index (χ1n) is 10.8. The fourth-order valence-corrected chi connectivity index (χ4v) is 4.87. The first-order chi connectivity index (χ1) is 15.9. The summed E-state index contributed by atoms with van der Waals surface area (Å²) in [6.07, 6.45) is 3.03. The maximum Gasteiger partial charge on any atom is 0.256 e. The normalized spacial score (nSPS) is 13.9. The molecule has 5 rings (SSSR count). The van der Waals surface area contributed by atoms with E-state index in [1.807, 2.05) is 36.0 Å². The molecule has 1 fully saturated rings. The van der Waals surface area contributed by atoms with Gasteiger partial charge in [0.1, 0.15) is 0 Å². The Bertz CT molecular complexity index is 1360. The summed E-state index contributed by atoms with van der Waals surface area (Å²) in [5, 5.41) is 10.5. The molecule has 1 aromatic carbocycles. The number of nitrogens with one attached hydrogen (secondary N) is 1. The predicted octanol–water partition coefficient (Wildman–Crippen LogP) is 5.77. The largest absolute Gasteiger partial charge is 0.321 e. The zero-order valence-electron chi connectivity index (χ0n) is 18.2. The molecule has 0 bridgehead atoms. The predicted molar refractivity (Wildman–Crippen MR) is 132 cm³/mol. The SMILES string of the molecule is CC(C)n1ncc2c(C(=O)Nc3cc(N4CCCC4=O)ccc3Cl)cc(-c3cccs3)nc21. The summed E-state index contributed by atoms with van der Waals surface area (Å²) in [4.78, 5) is 33.1. The summed E-state index contributed by atoms with van der Waals surface area (Å²) >= 11 is 7.96. The molecule has 4 aromatic rings. The number of thiophene rings is 1. The number of halogens is 1. The van der Waals surface area contributed by atoms with Gasteiger partial charge in [-0.1, -0.05) is 17.7 Å². The van der Waals surface area contributed by atoms with Crippen molar-refractivity contribution in [2.45, 2.75) is 32.7 Å². The van der Waals surface area contributed by atoms with Gasteiger partial charge in [-0.05, 0) is 56.0 Å². The Morgan fingerprint density at radius 2 is 2.09 bits per heavy atom. The Morgan fingerprint density at radius 3 is 2.79 bits per heavy atom. The maximum atomic E-state index is 13.5. The van der Waals surface area contributed by atoms with Crippen molar-refractivity contribution in [2.75, 3.05) is 16.8 Å². The van der Waals surface area contributed by atoms with E-state index in [2.05, 4.69) is 10.4 Å². The third kappa shape index (κ3) is 4.00. The van der Waals surface area contributed by atoms with Crippen LogP contribution in [0.5, 0.6) is 0 Å². The first-order valence-corrected chi connectivity index (χ1v) is 12.0. The number of nitrogens with zero attached hydrogens (tertiary/aromatic N) is 4. The maximum absolute atomic E-state index is 13.5. The minimum Gasteiger partial charge on any atom is -0.321 e. The Kier molecular flexibility index (Phi) is 5.64. The first kappa shape index (κ1) is 21.6. The molecule has 1 aliphatic rings. The van der Waals surface area contributed by atoms with Gasteiger partial charge in [0.05, 0.1) is 38.4 Å². The fraction of sp³-hybridized carbons (Fsp3) is 0.250. The molecule has 2 amide bonds. The van der Waals surface area contributed by atoms with Gasteiger partial charge < -0.3 is 10.2 Å². The number of anilines is 2.